The third kappa shape index (κ3) is 2.68. The number of benzene rings is 1. The lowest BCUT2D eigenvalue weighted by molar-refractivity contribution is 1.54. The van der Waals surface area contributed by atoms with E-state index in [9.17, 15) is 0 Å². The fraction of sp³-hybridized carbons (Fsp3) is 0.100. The smallest absolute Gasteiger partial charge is 0.0773 e. The first-order valence-electron chi connectivity index (χ1n) is 3.43. The van der Waals surface area contributed by atoms with Crippen molar-refractivity contribution in [1.82, 2.24) is 0 Å². The Morgan fingerprint density at radius 2 is 2.00 bits per heavy atom. The molecule has 0 saturated heterocycles. The van der Waals surface area contributed by atoms with Gasteiger partial charge in [-0.05, 0) is 19.1 Å². The Kier molecular flexibility index (Phi) is 2.95. The van der Waals surface area contributed by atoms with Crippen molar-refractivity contribution in [2.24, 2.45) is 4.99 Å². The van der Waals surface area contributed by atoms with Crippen molar-refractivity contribution in [1.29, 1.82) is 0 Å². The van der Waals surface area contributed by atoms with E-state index in [2.05, 4.69) is 16.8 Å². The lowest BCUT2D eigenvalue weighted by atomic mass is 10.3. The molecule has 0 N–H and O–H groups in total. The average Bonchev–Trinajstić information content (AvgIpc) is 2.07. The predicted molar refractivity (Wildman–Crippen MR) is 48.0 cm³/mol. The molecule has 1 nitrogen and oxygen atoms in total. The van der Waals surface area contributed by atoms with Crippen LogP contribution in [0, 0.1) is 11.8 Å². The fourth-order valence-electron chi connectivity index (χ4n) is 0.685. The number of hydrogen-bond donors (Lipinski definition) is 0. The summed E-state index contributed by atoms with van der Waals surface area (Å²) in [5, 5.41) is 0. The molecule has 54 valence electrons. The normalized spacial score (nSPS) is 9.18. The summed E-state index contributed by atoms with van der Waals surface area (Å²) in [5.74, 6) is 5.49. The summed E-state index contributed by atoms with van der Waals surface area (Å²) in [5.41, 5.74) is 0.940. The van der Waals surface area contributed by atoms with Crippen LogP contribution in [0.3, 0.4) is 0 Å². The molecule has 1 aromatic rings. The summed E-state index contributed by atoms with van der Waals surface area (Å²) in [6.45, 7) is 1.79. The van der Waals surface area contributed by atoms with Crippen molar-refractivity contribution in [2.75, 3.05) is 0 Å². The van der Waals surface area contributed by atoms with E-state index in [-0.39, 0.29) is 0 Å². The highest BCUT2D eigenvalue weighted by Gasteiger charge is 1.79. The van der Waals surface area contributed by atoms with Crippen LogP contribution in [0.5, 0.6) is 0 Å². The Hall–Kier alpha value is -1.55. The lowest BCUT2D eigenvalue weighted by Crippen LogP contribution is -1.64. The van der Waals surface area contributed by atoms with Crippen molar-refractivity contribution in [3.8, 4) is 11.8 Å². The number of rotatable bonds is 1. The van der Waals surface area contributed by atoms with Gasteiger partial charge in [-0.1, -0.05) is 24.1 Å². The maximum absolute atomic E-state index is 4.10. The van der Waals surface area contributed by atoms with Gasteiger partial charge >= 0.3 is 0 Å². The van der Waals surface area contributed by atoms with Crippen LogP contribution in [-0.4, -0.2) is 6.21 Å². The first-order chi connectivity index (χ1) is 5.43. The number of hydrogen-bond acceptors (Lipinski definition) is 1. The molecule has 0 amide bonds. The molecule has 1 aromatic carbocycles. The Labute approximate surface area is 66.8 Å². The van der Waals surface area contributed by atoms with Gasteiger partial charge in [-0.25, -0.2) is 4.99 Å². The summed E-state index contributed by atoms with van der Waals surface area (Å²) >= 11 is 0. The molecule has 11 heavy (non-hydrogen) atoms. The monoisotopic (exact) mass is 143 g/mol. The SMILES string of the molecule is CC#CC=Nc1ccccc1. The van der Waals surface area contributed by atoms with Crippen LogP contribution in [-0.2, 0) is 0 Å². The average molecular weight is 143 g/mol. The second-order valence-electron chi connectivity index (χ2n) is 1.99. The molecule has 1 heteroatoms. The van der Waals surface area contributed by atoms with Crippen molar-refractivity contribution in [3.05, 3.63) is 30.3 Å². The molecule has 1 rings (SSSR count). The summed E-state index contributed by atoms with van der Waals surface area (Å²) in [6, 6.07) is 9.74. The van der Waals surface area contributed by atoms with E-state index in [0.717, 1.165) is 5.69 Å². The molecule has 0 unspecified atom stereocenters. The summed E-state index contributed by atoms with van der Waals surface area (Å²) in [7, 11) is 0. The first kappa shape index (κ1) is 7.56. The van der Waals surface area contributed by atoms with Crippen LogP contribution in [0.4, 0.5) is 5.69 Å². The zero-order valence-corrected chi connectivity index (χ0v) is 6.41. The molecule has 0 bridgehead atoms. The molecular weight excluding hydrogens is 134 g/mol. The Morgan fingerprint density at radius 1 is 1.27 bits per heavy atom. The minimum absolute atomic E-state index is 0.940. The van der Waals surface area contributed by atoms with Gasteiger partial charge in [-0.15, -0.1) is 5.92 Å². The maximum atomic E-state index is 4.10. The molecule has 0 spiro atoms. The zero-order valence-electron chi connectivity index (χ0n) is 6.41. The topological polar surface area (TPSA) is 12.4 Å². The van der Waals surface area contributed by atoms with Gasteiger partial charge in [0.05, 0.1) is 11.9 Å². The molecule has 0 aliphatic carbocycles. The van der Waals surface area contributed by atoms with Gasteiger partial charge < -0.3 is 0 Å². The zero-order chi connectivity index (χ0) is 7.94. The van der Waals surface area contributed by atoms with E-state index >= 15 is 0 Å². The van der Waals surface area contributed by atoms with Crippen LogP contribution in [0.2, 0.25) is 0 Å². The highest BCUT2D eigenvalue weighted by Crippen LogP contribution is 2.07. The summed E-state index contributed by atoms with van der Waals surface area (Å²) < 4.78 is 0. The van der Waals surface area contributed by atoms with Crippen LogP contribution >= 0.6 is 0 Å². The van der Waals surface area contributed by atoms with Crippen LogP contribution in [0.15, 0.2) is 35.3 Å². The summed E-state index contributed by atoms with van der Waals surface area (Å²) in [4.78, 5) is 4.10. The molecule has 0 aliphatic heterocycles. The van der Waals surface area contributed by atoms with E-state index in [1.807, 2.05) is 30.3 Å². The Bertz CT molecular complexity index is 288. The molecule has 0 fully saturated rings. The van der Waals surface area contributed by atoms with E-state index in [1.54, 1.807) is 13.1 Å². The minimum Gasteiger partial charge on any atom is -0.248 e. The van der Waals surface area contributed by atoms with Gasteiger partial charge in [0.25, 0.3) is 0 Å². The van der Waals surface area contributed by atoms with Gasteiger partial charge in [0.15, 0.2) is 0 Å². The van der Waals surface area contributed by atoms with Crippen molar-refractivity contribution in [3.63, 3.8) is 0 Å². The molecule has 0 atom stereocenters. The highest BCUT2D eigenvalue weighted by atomic mass is 14.7. The Morgan fingerprint density at radius 3 is 2.64 bits per heavy atom. The van der Waals surface area contributed by atoms with Crippen LogP contribution in [0.1, 0.15) is 6.92 Å². The molecule has 0 radical (unpaired) electrons. The van der Waals surface area contributed by atoms with Crippen molar-refractivity contribution < 1.29 is 0 Å². The quantitative estimate of drug-likeness (QED) is 0.423. The minimum atomic E-state index is 0.940. The molecular formula is C10H9N. The van der Waals surface area contributed by atoms with E-state index in [0.29, 0.717) is 0 Å². The van der Waals surface area contributed by atoms with Crippen molar-refractivity contribution >= 4 is 11.9 Å². The number of nitrogens with zero attached hydrogens (tertiary/aromatic N) is 1. The van der Waals surface area contributed by atoms with Gasteiger partial charge in [-0.2, -0.15) is 0 Å². The third-order valence-electron chi connectivity index (χ3n) is 1.18. The predicted octanol–water partition coefficient (Wildman–Crippen LogP) is 2.41. The van der Waals surface area contributed by atoms with Gasteiger partial charge in [0.2, 0.25) is 0 Å². The fourth-order valence-corrected chi connectivity index (χ4v) is 0.685. The molecule has 0 heterocycles. The van der Waals surface area contributed by atoms with Gasteiger partial charge in [0.1, 0.15) is 0 Å². The van der Waals surface area contributed by atoms with Crippen LogP contribution < -0.4 is 0 Å². The lowest BCUT2D eigenvalue weighted by Gasteiger charge is -1.86. The van der Waals surface area contributed by atoms with E-state index < -0.39 is 0 Å². The van der Waals surface area contributed by atoms with Gasteiger partial charge in [-0.3, -0.25) is 0 Å². The second-order valence-corrected chi connectivity index (χ2v) is 1.99. The molecule has 0 aliphatic rings. The third-order valence-corrected chi connectivity index (χ3v) is 1.18. The first-order valence-corrected chi connectivity index (χ1v) is 3.43. The number of para-hydroxylation sites is 1. The van der Waals surface area contributed by atoms with Crippen LogP contribution in [0.25, 0.3) is 0 Å². The Balaban J connectivity index is 2.69. The largest absolute Gasteiger partial charge is 0.248 e. The summed E-state index contributed by atoms with van der Waals surface area (Å²) in [6.07, 6.45) is 1.61. The molecule has 0 aromatic heterocycles. The van der Waals surface area contributed by atoms with Crippen molar-refractivity contribution in [2.45, 2.75) is 6.92 Å². The van der Waals surface area contributed by atoms with E-state index in [1.165, 1.54) is 0 Å². The van der Waals surface area contributed by atoms with E-state index in [4.69, 9.17) is 0 Å². The molecule has 0 saturated carbocycles. The van der Waals surface area contributed by atoms with Gasteiger partial charge in [0, 0.05) is 0 Å². The standard InChI is InChI=1S/C10H9N/c1-2-3-9-11-10-7-5-4-6-8-10/h4-9H,1H3. The number of aliphatic imine (C=N–C) groups is 1. The highest BCUT2D eigenvalue weighted by molar-refractivity contribution is 5.80. The second kappa shape index (κ2) is 4.29. The maximum Gasteiger partial charge on any atom is 0.0773 e.